The van der Waals surface area contributed by atoms with Crippen LogP contribution in [0.4, 0.5) is 5.82 Å². The number of hydrogen-bond donors (Lipinski definition) is 0. The maximum absolute atomic E-state index is 13.3. The van der Waals surface area contributed by atoms with Crippen molar-refractivity contribution in [2.45, 2.75) is 25.2 Å². The van der Waals surface area contributed by atoms with Crippen LogP contribution in [-0.2, 0) is 26.5 Å². The molecule has 2 aromatic rings. The molecule has 0 saturated carbocycles. The van der Waals surface area contributed by atoms with Crippen LogP contribution in [0.1, 0.15) is 19.4 Å². The van der Waals surface area contributed by atoms with Crippen molar-refractivity contribution in [3.8, 4) is 0 Å². The molecule has 176 valence electrons. The summed E-state index contributed by atoms with van der Waals surface area (Å²) in [5, 5.41) is 0. The van der Waals surface area contributed by atoms with E-state index in [2.05, 4.69) is 4.98 Å². The summed E-state index contributed by atoms with van der Waals surface area (Å²) in [6.45, 7) is 6.66. The third-order valence-corrected chi connectivity index (χ3v) is 8.60. The van der Waals surface area contributed by atoms with E-state index < -0.39 is 20.0 Å². The Labute approximate surface area is 192 Å². The molecule has 0 amide bonds. The fraction of sp³-hybridized carbons (Fsp3) is 0.500. The molecule has 3 rings (SSSR count). The van der Waals surface area contributed by atoms with Gasteiger partial charge in [-0.25, -0.2) is 21.8 Å². The molecule has 0 N–H and O–H groups in total. The first-order valence-electron chi connectivity index (χ1n) is 10.8. The Kier molecular flexibility index (Phi) is 7.92. The molecule has 8 nitrogen and oxygen atoms in total. The van der Waals surface area contributed by atoms with Crippen LogP contribution >= 0.6 is 0 Å². The molecule has 1 saturated heterocycles. The highest BCUT2D eigenvalue weighted by Crippen LogP contribution is 2.21. The highest BCUT2D eigenvalue weighted by Gasteiger charge is 2.27. The number of hydrogen-bond acceptors (Lipinski definition) is 6. The van der Waals surface area contributed by atoms with Crippen LogP contribution in [0.3, 0.4) is 0 Å². The highest BCUT2D eigenvalue weighted by atomic mass is 32.2. The Morgan fingerprint density at radius 2 is 1.62 bits per heavy atom. The Bertz CT molecular complexity index is 1080. The van der Waals surface area contributed by atoms with Gasteiger partial charge in [0, 0.05) is 45.5 Å². The van der Waals surface area contributed by atoms with Crippen molar-refractivity contribution in [1.82, 2.24) is 13.6 Å². The average molecular weight is 481 g/mol. The van der Waals surface area contributed by atoms with Crippen molar-refractivity contribution in [2.24, 2.45) is 5.92 Å². The van der Waals surface area contributed by atoms with Gasteiger partial charge in [0.05, 0.1) is 6.26 Å². The van der Waals surface area contributed by atoms with Crippen LogP contribution in [0.2, 0.25) is 0 Å². The van der Waals surface area contributed by atoms with Crippen molar-refractivity contribution >= 4 is 25.9 Å². The molecule has 1 aliphatic heterocycles. The smallest absolute Gasteiger partial charge is 0.244 e. The second-order valence-corrected chi connectivity index (χ2v) is 12.4. The largest absolute Gasteiger partial charge is 0.354 e. The fourth-order valence-electron chi connectivity index (χ4n) is 3.73. The second-order valence-electron chi connectivity index (χ2n) is 8.49. The van der Waals surface area contributed by atoms with E-state index in [-0.39, 0.29) is 10.8 Å². The van der Waals surface area contributed by atoms with Gasteiger partial charge in [-0.15, -0.1) is 0 Å². The molecule has 32 heavy (non-hydrogen) atoms. The van der Waals surface area contributed by atoms with Gasteiger partial charge in [-0.3, -0.25) is 0 Å². The number of nitrogens with zero attached hydrogens (tertiary/aromatic N) is 4. The lowest BCUT2D eigenvalue weighted by atomic mass is 10.1. The van der Waals surface area contributed by atoms with Gasteiger partial charge in [-0.2, -0.15) is 8.61 Å². The molecule has 1 aliphatic rings. The number of benzene rings is 1. The molecular weight excluding hydrogens is 448 g/mol. The van der Waals surface area contributed by atoms with E-state index in [0.717, 1.165) is 5.56 Å². The molecular formula is C22H32N4O4S2. The van der Waals surface area contributed by atoms with Crippen LogP contribution in [0.15, 0.2) is 53.6 Å². The van der Waals surface area contributed by atoms with Crippen LogP contribution in [-0.4, -0.2) is 76.0 Å². The van der Waals surface area contributed by atoms with Crippen molar-refractivity contribution in [3.05, 3.63) is 54.2 Å². The van der Waals surface area contributed by atoms with E-state index in [0.29, 0.717) is 51.5 Å². The van der Waals surface area contributed by atoms with E-state index in [1.807, 2.05) is 49.1 Å². The summed E-state index contributed by atoms with van der Waals surface area (Å²) in [7, 11) is -6.88. The Hall–Kier alpha value is -2.01. The summed E-state index contributed by atoms with van der Waals surface area (Å²) < 4.78 is 53.0. The first-order valence-corrected chi connectivity index (χ1v) is 14.1. The standard InChI is InChI=1S/C22H32N4O4S2/c1-19(2)18-26(12-11-20-7-5-4-6-8-20)32(29,30)21-9-10-22(23-17-21)24-13-15-25(16-14-24)31(3,27)28/h4-10,17,19H,11-16,18H2,1-3H3. The van der Waals surface area contributed by atoms with Gasteiger partial charge in [0.25, 0.3) is 0 Å². The van der Waals surface area contributed by atoms with E-state index in [1.54, 1.807) is 12.1 Å². The van der Waals surface area contributed by atoms with E-state index in [1.165, 1.54) is 21.1 Å². The number of sulfonamides is 2. The van der Waals surface area contributed by atoms with Gasteiger partial charge in [-0.1, -0.05) is 44.2 Å². The predicted molar refractivity (Wildman–Crippen MR) is 127 cm³/mol. The fourth-order valence-corrected chi connectivity index (χ4v) is 6.10. The SMILES string of the molecule is CC(C)CN(CCc1ccccc1)S(=O)(=O)c1ccc(N2CCN(S(C)(=O)=O)CC2)nc1. The maximum atomic E-state index is 13.3. The third kappa shape index (κ3) is 6.28. The number of rotatable bonds is 9. The molecule has 1 aromatic heterocycles. The molecule has 0 radical (unpaired) electrons. The van der Waals surface area contributed by atoms with Crippen molar-refractivity contribution in [3.63, 3.8) is 0 Å². The van der Waals surface area contributed by atoms with Crippen molar-refractivity contribution in [1.29, 1.82) is 0 Å². The summed E-state index contributed by atoms with van der Waals surface area (Å²) in [5.74, 6) is 0.843. The van der Waals surface area contributed by atoms with E-state index in [9.17, 15) is 16.8 Å². The summed E-state index contributed by atoms with van der Waals surface area (Å²) in [5.41, 5.74) is 1.10. The molecule has 2 heterocycles. The van der Waals surface area contributed by atoms with Crippen LogP contribution in [0.25, 0.3) is 0 Å². The lowest BCUT2D eigenvalue weighted by Crippen LogP contribution is -2.48. The zero-order valence-electron chi connectivity index (χ0n) is 18.9. The maximum Gasteiger partial charge on any atom is 0.244 e. The minimum absolute atomic E-state index is 0.171. The molecule has 0 aliphatic carbocycles. The first kappa shape index (κ1) is 24.6. The van der Waals surface area contributed by atoms with Gasteiger partial charge in [0.15, 0.2) is 0 Å². The molecule has 0 spiro atoms. The van der Waals surface area contributed by atoms with Crippen molar-refractivity contribution in [2.75, 3.05) is 50.4 Å². The lowest BCUT2D eigenvalue weighted by Gasteiger charge is -2.34. The zero-order valence-corrected chi connectivity index (χ0v) is 20.5. The normalized spacial score (nSPS) is 16.1. The number of anilines is 1. The number of aromatic nitrogens is 1. The minimum atomic E-state index is -3.68. The highest BCUT2D eigenvalue weighted by molar-refractivity contribution is 7.89. The topological polar surface area (TPSA) is 90.9 Å². The third-order valence-electron chi connectivity index (χ3n) is 5.45. The molecule has 0 atom stereocenters. The van der Waals surface area contributed by atoms with Gasteiger partial charge >= 0.3 is 0 Å². The Balaban J connectivity index is 1.71. The molecule has 1 aromatic carbocycles. The number of piperazine rings is 1. The quantitative estimate of drug-likeness (QED) is 0.546. The molecule has 10 heteroatoms. The van der Waals surface area contributed by atoms with Gasteiger partial charge in [-0.05, 0) is 30.0 Å². The molecule has 0 unspecified atom stereocenters. The summed E-state index contributed by atoms with van der Waals surface area (Å²) >= 11 is 0. The van der Waals surface area contributed by atoms with Gasteiger partial charge in [0.2, 0.25) is 20.0 Å². The summed E-state index contributed by atoms with van der Waals surface area (Å²) in [4.78, 5) is 6.53. The Morgan fingerprint density at radius 3 is 2.16 bits per heavy atom. The zero-order chi connectivity index (χ0) is 23.4. The van der Waals surface area contributed by atoms with Crippen LogP contribution < -0.4 is 4.90 Å². The first-order chi connectivity index (χ1) is 15.1. The monoisotopic (exact) mass is 480 g/mol. The Morgan fingerprint density at radius 1 is 0.969 bits per heavy atom. The molecule has 0 bridgehead atoms. The second kappa shape index (κ2) is 10.3. The van der Waals surface area contributed by atoms with Crippen molar-refractivity contribution < 1.29 is 16.8 Å². The minimum Gasteiger partial charge on any atom is -0.354 e. The number of pyridine rings is 1. The van der Waals surface area contributed by atoms with E-state index in [4.69, 9.17) is 0 Å². The summed E-state index contributed by atoms with van der Waals surface area (Å²) in [6.07, 6.45) is 3.26. The summed E-state index contributed by atoms with van der Waals surface area (Å²) in [6, 6.07) is 13.1. The van der Waals surface area contributed by atoms with Crippen LogP contribution in [0, 0.1) is 5.92 Å². The van der Waals surface area contributed by atoms with E-state index >= 15 is 0 Å². The molecule has 1 fully saturated rings. The van der Waals surface area contributed by atoms with Gasteiger partial charge < -0.3 is 4.90 Å². The van der Waals surface area contributed by atoms with Crippen LogP contribution in [0.5, 0.6) is 0 Å². The average Bonchev–Trinajstić information content (AvgIpc) is 2.76. The predicted octanol–water partition coefficient (Wildman–Crippen LogP) is 2.05. The lowest BCUT2D eigenvalue weighted by molar-refractivity contribution is 0.369. The van der Waals surface area contributed by atoms with Gasteiger partial charge in [0.1, 0.15) is 10.7 Å².